The summed E-state index contributed by atoms with van der Waals surface area (Å²) < 4.78 is 5.84. The summed E-state index contributed by atoms with van der Waals surface area (Å²) in [5, 5.41) is 6.21. The van der Waals surface area contributed by atoms with E-state index in [2.05, 4.69) is 26.5 Å². The highest BCUT2D eigenvalue weighted by Crippen LogP contribution is 2.17. The van der Waals surface area contributed by atoms with Gasteiger partial charge in [-0.3, -0.25) is 0 Å². The van der Waals surface area contributed by atoms with Gasteiger partial charge in [-0.05, 0) is 18.6 Å². The Labute approximate surface area is 143 Å². The molecule has 2 N–H and O–H groups in total. The highest BCUT2D eigenvalue weighted by Gasteiger charge is 2.05. The predicted octanol–water partition coefficient (Wildman–Crippen LogP) is 2.35. The Morgan fingerprint density at radius 3 is 2.79 bits per heavy atom. The molecule has 2 aromatic rings. The molecule has 1 aromatic carbocycles. The van der Waals surface area contributed by atoms with Crippen LogP contribution in [0.25, 0.3) is 0 Å². The summed E-state index contributed by atoms with van der Waals surface area (Å²) in [4.78, 5) is 8.83. The molecule has 0 atom stereocenters. The summed E-state index contributed by atoms with van der Waals surface area (Å²) in [6, 6.07) is 13.8. The van der Waals surface area contributed by atoms with Gasteiger partial charge in [0.2, 0.25) is 5.88 Å². The molecule has 0 bridgehead atoms. The Bertz CT molecular complexity index is 692. The van der Waals surface area contributed by atoms with Gasteiger partial charge in [0.25, 0.3) is 0 Å². The molecule has 0 aliphatic carbocycles. The number of terminal acetylenes is 1. The van der Waals surface area contributed by atoms with E-state index in [9.17, 15) is 0 Å². The fourth-order valence-corrected chi connectivity index (χ4v) is 2.04. The lowest BCUT2D eigenvalue weighted by molar-refractivity contribution is 0.290. The lowest BCUT2D eigenvalue weighted by atomic mass is 10.2. The van der Waals surface area contributed by atoms with Crippen molar-refractivity contribution in [3.8, 4) is 18.2 Å². The summed E-state index contributed by atoms with van der Waals surface area (Å²) in [6.45, 7) is 4.13. The number of rotatable bonds is 7. The van der Waals surface area contributed by atoms with E-state index >= 15 is 0 Å². The first kappa shape index (κ1) is 17.4. The third kappa shape index (κ3) is 5.65. The second kappa shape index (κ2) is 9.90. The van der Waals surface area contributed by atoms with Gasteiger partial charge in [-0.25, -0.2) is 9.98 Å². The van der Waals surface area contributed by atoms with E-state index in [-0.39, 0.29) is 0 Å². The van der Waals surface area contributed by atoms with E-state index in [4.69, 9.17) is 11.2 Å². The topological polar surface area (TPSA) is 58.5 Å². The van der Waals surface area contributed by atoms with E-state index in [1.807, 2.05) is 49.4 Å². The Kier molecular flexibility index (Phi) is 7.16. The average Bonchev–Trinajstić information content (AvgIpc) is 2.64. The molecule has 0 saturated heterocycles. The van der Waals surface area contributed by atoms with Crippen LogP contribution in [0.15, 0.2) is 53.7 Å². The van der Waals surface area contributed by atoms with Crippen LogP contribution in [0.3, 0.4) is 0 Å². The first-order chi connectivity index (χ1) is 11.8. The Morgan fingerprint density at radius 1 is 1.21 bits per heavy atom. The number of ether oxygens (including phenoxy) is 1. The van der Waals surface area contributed by atoms with Gasteiger partial charge in [0, 0.05) is 18.3 Å². The number of benzene rings is 1. The van der Waals surface area contributed by atoms with Crippen molar-refractivity contribution in [2.45, 2.75) is 20.1 Å². The zero-order chi connectivity index (χ0) is 17.0. The molecule has 0 unspecified atom stereocenters. The molecule has 5 heteroatoms. The molecule has 0 aliphatic rings. The van der Waals surface area contributed by atoms with Crippen molar-refractivity contribution in [2.75, 3.05) is 13.1 Å². The maximum Gasteiger partial charge on any atom is 0.218 e. The van der Waals surface area contributed by atoms with Crippen LogP contribution in [0.1, 0.15) is 18.1 Å². The lowest BCUT2D eigenvalue weighted by Crippen LogP contribution is -2.37. The number of nitrogens with one attached hydrogen (secondary N) is 2. The van der Waals surface area contributed by atoms with Crippen molar-refractivity contribution >= 4 is 5.96 Å². The number of nitrogens with zero attached hydrogens (tertiary/aromatic N) is 2. The maximum atomic E-state index is 5.84. The first-order valence-corrected chi connectivity index (χ1v) is 7.89. The highest BCUT2D eigenvalue weighted by molar-refractivity contribution is 5.80. The van der Waals surface area contributed by atoms with E-state index in [0.717, 1.165) is 17.7 Å². The molecule has 0 radical (unpaired) electrons. The molecule has 0 amide bonds. The van der Waals surface area contributed by atoms with Gasteiger partial charge in [0.15, 0.2) is 5.96 Å². The third-order valence-electron chi connectivity index (χ3n) is 3.18. The van der Waals surface area contributed by atoms with Crippen LogP contribution in [-0.2, 0) is 13.2 Å². The minimum Gasteiger partial charge on any atom is -0.473 e. The smallest absolute Gasteiger partial charge is 0.218 e. The summed E-state index contributed by atoms with van der Waals surface area (Å²) in [6.07, 6.45) is 6.99. The maximum absolute atomic E-state index is 5.84. The van der Waals surface area contributed by atoms with Gasteiger partial charge in [0.05, 0.1) is 13.1 Å². The summed E-state index contributed by atoms with van der Waals surface area (Å²) >= 11 is 0. The second-order valence-electron chi connectivity index (χ2n) is 4.99. The van der Waals surface area contributed by atoms with E-state index in [1.165, 1.54) is 0 Å². The minimum atomic E-state index is 0.427. The molecule has 1 aromatic heterocycles. The SMILES string of the molecule is C#CCNC(=NCc1cccnc1OCc1ccccc1)NCC. The molecule has 24 heavy (non-hydrogen) atoms. The number of pyridine rings is 1. The molecule has 0 aliphatic heterocycles. The largest absolute Gasteiger partial charge is 0.473 e. The first-order valence-electron chi connectivity index (χ1n) is 7.89. The summed E-state index contributed by atoms with van der Waals surface area (Å²) in [5.41, 5.74) is 2.02. The van der Waals surface area contributed by atoms with Crippen LogP contribution in [0, 0.1) is 12.3 Å². The highest BCUT2D eigenvalue weighted by atomic mass is 16.5. The standard InChI is InChI=1S/C19H22N4O/c1-3-12-22-19(20-4-2)23-14-17-11-8-13-21-18(17)24-15-16-9-6-5-7-10-16/h1,5-11,13H,4,12,14-15H2,2H3,(H2,20,22,23). The van der Waals surface area contributed by atoms with Gasteiger partial charge in [-0.2, -0.15) is 0 Å². The summed E-state index contributed by atoms with van der Waals surface area (Å²) in [7, 11) is 0. The van der Waals surface area contributed by atoms with E-state index in [1.54, 1.807) is 6.20 Å². The quantitative estimate of drug-likeness (QED) is 0.467. The van der Waals surface area contributed by atoms with Crippen LogP contribution in [0.4, 0.5) is 0 Å². The molecule has 1 heterocycles. The molecule has 0 spiro atoms. The molecular weight excluding hydrogens is 300 g/mol. The number of hydrogen-bond donors (Lipinski definition) is 2. The molecular formula is C19H22N4O. The fraction of sp³-hybridized carbons (Fsp3) is 0.263. The Balaban J connectivity index is 2.03. The predicted molar refractivity (Wildman–Crippen MR) is 96.7 cm³/mol. The van der Waals surface area contributed by atoms with E-state index < -0.39 is 0 Å². The molecule has 124 valence electrons. The van der Waals surface area contributed by atoms with Gasteiger partial charge < -0.3 is 15.4 Å². The van der Waals surface area contributed by atoms with Crippen molar-refractivity contribution in [1.29, 1.82) is 0 Å². The number of guanidine groups is 1. The summed E-state index contributed by atoms with van der Waals surface area (Å²) in [5.74, 6) is 3.81. The molecule has 2 rings (SSSR count). The molecule has 0 fully saturated rings. The van der Waals surface area contributed by atoms with Crippen molar-refractivity contribution in [1.82, 2.24) is 15.6 Å². The van der Waals surface area contributed by atoms with Gasteiger partial charge in [-0.15, -0.1) is 6.42 Å². The van der Waals surface area contributed by atoms with Crippen molar-refractivity contribution < 1.29 is 4.74 Å². The monoisotopic (exact) mass is 322 g/mol. The zero-order valence-corrected chi connectivity index (χ0v) is 13.8. The molecule has 0 saturated carbocycles. The average molecular weight is 322 g/mol. The number of aromatic nitrogens is 1. The van der Waals surface area contributed by atoms with Gasteiger partial charge in [0.1, 0.15) is 6.61 Å². The van der Waals surface area contributed by atoms with Gasteiger partial charge >= 0.3 is 0 Å². The van der Waals surface area contributed by atoms with Crippen LogP contribution in [0.2, 0.25) is 0 Å². The van der Waals surface area contributed by atoms with Crippen LogP contribution in [0.5, 0.6) is 5.88 Å². The van der Waals surface area contributed by atoms with Crippen molar-refractivity contribution in [3.63, 3.8) is 0 Å². The van der Waals surface area contributed by atoms with Crippen LogP contribution >= 0.6 is 0 Å². The Morgan fingerprint density at radius 2 is 2.04 bits per heavy atom. The normalized spacial score (nSPS) is 10.8. The van der Waals surface area contributed by atoms with Crippen LogP contribution < -0.4 is 15.4 Å². The second-order valence-corrected chi connectivity index (χ2v) is 4.99. The fourth-order valence-electron chi connectivity index (χ4n) is 2.04. The lowest BCUT2D eigenvalue weighted by Gasteiger charge is -2.11. The number of aliphatic imine (C=N–C) groups is 1. The van der Waals surface area contributed by atoms with E-state index in [0.29, 0.717) is 31.5 Å². The minimum absolute atomic E-state index is 0.427. The number of hydrogen-bond acceptors (Lipinski definition) is 3. The molecule has 5 nitrogen and oxygen atoms in total. The van der Waals surface area contributed by atoms with Gasteiger partial charge in [-0.1, -0.05) is 42.3 Å². The van der Waals surface area contributed by atoms with Crippen molar-refractivity contribution in [3.05, 3.63) is 59.8 Å². The van der Waals surface area contributed by atoms with Crippen LogP contribution in [-0.4, -0.2) is 24.0 Å². The van der Waals surface area contributed by atoms with Crippen molar-refractivity contribution in [2.24, 2.45) is 4.99 Å². The zero-order valence-electron chi connectivity index (χ0n) is 13.8. The third-order valence-corrected chi connectivity index (χ3v) is 3.18. The Hall–Kier alpha value is -3.00.